The predicted octanol–water partition coefficient (Wildman–Crippen LogP) is 14.3. The van der Waals surface area contributed by atoms with Gasteiger partial charge >= 0.3 is 0 Å². The third-order valence-corrected chi connectivity index (χ3v) is 11.0. The lowest BCUT2D eigenvalue weighted by molar-refractivity contribution is 0.621. The van der Waals surface area contributed by atoms with E-state index < -0.39 is 0 Å². The molecule has 2 atom stereocenters. The van der Waals surface area contributed by atoms with Gasteiger partial charge < -0.3 is 9.47 Å². The zero-order valence-electron chi connectivity index (χ0n) is 30.7. The van der Waals surface area contributed by atoms with Gasteiger partial charge in [-0.15, -0.1) is 0 Å². The summed E-state index contributed by atoms with van der Waals surface area (Å²) in [5.74, 6) is 0.607. The second kappa shape index (κ2) is 14.1. The zero-order valence-corrected chi connectivity index (χ0v) is 30.7. The van der Waals surface area contributed by atoms with Gasteiger partial charge in [0.05, 0.1) is 11.0 Å². The van der Waals surface area contributed by atoms with Gasteiger partial charge in [-0.3, -0.25) is 0 Å². The van der Waals surface area contributed by atoms with Crippen LogP contribution in [0.3, 0.4) is 0 Å². The van der Waals surface area contributed by atoms with Crippen molar-refractivity contribution < 1.29 is 0 Å². The Morgan fingerprint density at radius 1 is 0.556 bits per heavy atom. The summed E-state index contributed by atoms with van der Waals surface area (Å²) < 4.78 is 2.43. The highest BCUT2D eigenvalue weighted by atomic mass is 15.1. The number of fused-ring (bicyclic) bond motifs is 3. The molecule has 1 aliphatic rings. The molecule has 0 bridgehead atoms. The van der Waals surface area contributed by atoms with Gasteiger partial charge in [-0.05, 0) is 106 Å². The SMILES string of the molecule is C=C(c1cccc(-c2ccc3c4ccccc4n(-c4cccc(N(c5ccccc5)c5ccccc5)c4)c3c2)c1-c1ccccc1C)C1C=CC=C[C@@H]1C. The first-order valence-corrected chi connectivity index (χ1v) is 18.8. The monoisotopic (exact) mass is 694 g/mol. The molecule has 2 nitrogen and oxygen atoms in total. The summed E-state index contributed by atoms with van der Waals surface area (Å²) in [4.78, 5) is 2.33. The molecular formula is C52H42N2. The van der Waals surface area contributed by atoms with Crippen molar-refractivity contribution in [2.45, 2.75) is 13.8 Å². The summed E-state index contributed by atoms with van der Waals surface area (Å²) >= 11 is 0. The largest absolute Gasteiger partial charge is 0.310 e. The van der Waals surface area contributed by atoms with Gasteiger partial charge in [0.25, 0.3) is 0 Å². The summed E-state index contributed by atoms with van der Waals surface area (Å²) in [6, 6.07) is 61.4. The second-order valence-electron chi connectivity index (χ2n) is 14.3. The van der Waals surface area contributed by atoms with E-state index in [1.165, 1.54) is 55.2 Å². The fourth-order valence-corrected chi connectivity index (χ4v) is 8.32. The third kappa shape index (κ3) is 5.87. The second-order valence-corrected chi connectivity index (χ2v) is 14.3. The van der Waals surface area contributed by atoms with Crippen LogP contribution < -0.4 is 4.90 Å². The number of hydrogen-bond donors (Lipinski definition) is 0. The lowest BCUT2D eigenvalue weighted by Gasteiger charge is -2.26. The van der Waals surface area contributed by atoms with E-state index in [9.17, 15) is 0 Å². The predicted molar refractivity (Wildman–Crippen MR) is 231 cm³/mol. The van der Waals surface area contributed by atoms with Crippen LogP contribution in [0.4, 0.5) is 17.1 Å². The molecule has 1 heterocycles. The van der Waals surface area contributed by atoms with E-state index in [0.717, 1.165) is 28.3 Å². The van der Waals surface area contributed by atoms with E-state index in [-0.39, 0.29) is 5.92 Å². The van der Waals surface area contributed by atoms with E-state index in [2.05, 4.69) is 217 Å². The molecule has 2 heteroatoms. The van der Waals surface area contributed by atoms with Crippen LogP contribution >= 0.6 is 0 Å². The smallest absolute Gasteiger partial charge is 0.0547 e. The highest BCUT2D eigenvalue weighted by molar-refractivity contribution is 6.11. The maximum atomic E-state index is 4.76. The molecule has 1 aromatic heterocycles. The molecule has 1 unspecified atom stereocenters. The maximum absolute atomic E-state index is 4.76. The Labute approximate surface area is 318 Å². The van der Waals surface area contributed by atoms with Gasteiger partial charge in [0, 0.05) is 39.4 Å². The Hall–Kier alpha value is -6.64. The van der Waals surface area contributed by atoms with Crippen molar-refractivity contribution in [2.24, 2.45) is 11.8 Å². The number of para-hydroxylation sites is 3. The average Bonchev–Trinajstić information content (AvgIpc) is 3.55. The van der Waals surface area contributed by atoms with Crippen LogP contribution in [0.2, 0.25) is 0 Å². The lowest BCUT2D eigenvalue weighted by Crippen LogP contribution is -2.11. The normalized spacial score (nSPS) is 15.1. The molecule has 0 N–H and O–H groups in total. The van der Waals surface area contributed by atoms with Crippen LogP contribution in [-0.2, 0) is 0 Å². The minimum Gasteiger partial charge on any atom is -0.310 e. The van der Waals surface area contributed by atoms with Gasteiger partial charge in [0.2, 0.25) is 0 Å². The highest BCUT2D eigenvalue weighted by Gasteiger charge is 2.24. The van der Waals surface area contributed by atoms with Crippen molar-refractivity contribution in [3.63, 3.8) is 0 Å². The molecule has 0 aliphatic heterocycles. The van der Waals surface area contributed by atoms with E-state index in [1.807, 2.05) is 0 Å². The fraction of sp³-hybridized carbons (Fsp3) is 0.0769. The number of allylic oxidation sites excluding steroid dienone is 5. The van der Waals surface area contributed by atoms with E-state index in [4.69, 9.17) is 6.58 Å². The highest BCUT2D eigenvalue weighted by Crippen LogP contribution is 2.45. The Balaban J connectivity index is 1.25. The van der Waals surface area contributed by atoms with Crippen LogP contribution in [0.5, 0.6) is 0 Å². The number of rotatable bonds is 8. The Morgan fingerprint density at radius 2 is 1.19 bits per heavy atom. The van der Waals surface area contributed by atoms with Gasteiger partial charge in [0.1, 0.15) is 0 Å². The topological polar surface area (TPSA) is 8.17 Å². The number of benzene rings is 7. The van der Waals surface area contributed by atoms with E-state index in [0.29, 0.717) is 5.92 Å². The Kier molecular flexibility index (Phi) is 8.65. The molecule has 0 radical (unpaired) electrons. The van der Waals surface area contributed by atoms with Crippen LogP contribution in [0, 0.1) is 18.8 Å². The standard InChI is InChI=1S/C52H42N2/c1-36-18-10-12-26-44(36)38(3)46-29-17-30-47(52(46)45-27-13-11-19-37(45)2)39-32-33-49-48-28-14-15-31-50(48)54(51(49)34-39)43-25-16-24-42(35-43)53(40-20-6-4-7-21-40)41-22-8-5-9-23-41/h4-36,44H,3H2,1-2H3/t36-,44?/m0/s1. The van der Waals surface area contributed by atoms with Gasteiger partial charge in [-0.25, -0.2) is 0 Å². The Morgan fingerprint density at radius 3 is 1.94 bits per heavy atom. The molecule has 9 rings (SSSR count). The molecule has 0 spiro atoms. The average molecular weight is 695 g/mol. The molecule has 0 saturated heterocycles. The Bertz CT molecular complexity index is 2670. The number of aromatic nitrogens is 1. The summed E-state index contributed by atoms with van der Waals surface area (Å²) in [7, 11) is 0. The number of aryl methyl sites for hydroxylation is 1. The van der Waals surface area contributed by atoms with Crippen molar-refractivity contribution in [3.05, 3.63) is 212 Å². The fourth-order valence-electron chi connectivity index (χ4n) is 8.32. The molecule has 0 saturated carbocycles. The number of hydrogen-bond acceptors (Lipinski definition) is 1. The first-order chi connectivity index (χ1) is 26.6. The molecular weight excluding hydrogens is 653 g/mol. The van der Waals surface area contributed by atoms with Crippen LogP contribution in [0.25, 0.3) is 55.3 Å². The first kappa shape index (κ1) is 33.2. The molecule has 0 amide bonds. The quantitative estimate of drug-likeness (QED) is 0.154. The molecule has 260 valence electrons. The summed E-state index contributed by atoms with van der Waals surface area (Å²) in [5, 5.41) is 2.47. The van der Waals surface area contributed by atoms with Crippen molar-refractivity contribution in [1.82, 2.24) is 4.57 Å². The van der Waals surface area contributed by atoms with Crippen LogP contribution in [0.15, 0.2) is 201 Å². The summed E-state index contributed by atoms with van der Waals surface area (Å²) in [6.07, 6.45) is 8.90. The van der Waals surface area contributed by atoms with Gasteiger partial charge in [-0.2, -0.15) is 0 Å². The van der Waals surface area contributed by atoms with E-state index >= 15 is 0 Å². The van der Waals surface area contributed by atoms with Crippen molar-refractivity contribution in [3.8, 4) is 27.9 Å². The van der Waals surface area contributed by atoms with Crippen LogP contribution in [-0.4, -0.2) is 4.57 Å². The first-order valence-electron chi connectivity index (χ1n) is 18.8. The molecule has 0 fully saturated rings. The van der Waals surface area contributed by atoms with Crippen molar-refractivity contribution in [2.75, 3.05) is 4.90 Å². The lowest BCUT2D eigenvalue weighted by atomic mass is 9.78. The zero-order chi connectivity index (χ0) is 36.6. The minimum atomic E-state index is 0.233. The van der Waals surface area contributed by atoms with Crippen molar-refractivity contribution in [1.29, 1.82) is 0 Å². The van der Waals surface area contributed by atoms with Gasteiger partial charge in [-0.1, -0.05) is 153 Å². The molecule has 7 aromatic carbocycles. The summed E-state index contributed by atoms with van der Waals surface area (Å²) in [5.41, 5.74) is 15.3. The molecule has 54 heavy (non-hydrogen) atoms. The minimum absolute atomic E-state index is 0.233. The molecule has 8 aromatic rings. The molecule has 1 aliphatic carbocycles. The van der Waals surface area contributed by atoms with Crippen molar-refractivity contribution >= 4 is 44.4 Å². The number of nitrogens with zero attached hydrogens (tertiary/aromatic N) is 2. The summed E-state index contributed by atoms with van der Waals surface area (Å²) in [6.45, 7) is 9.26. The third-order valence-electron chi connectivity index (χ3n) is 11.0. The van der Waals surface area contributed by atoms with E-state index in [1.54, 1.807) is 0 Å². The number of anilines is 3. The van der Waals surface area contributed by atoms with Crippen LogP contribution in [0.1, 0.15) is 18.1 Å². The van der Waals surface area contributed by atoms with Gasteiger partial charge in [0.15, 0.2) is 0 Å². The maximum Gasteiger partial charge on any atom is 0.0547 e.